The van der Waals surface area contributed by atoms with E-state index in [9.17, 15) is 0 Å². The van der Waals surface area contributed by atoms with Gasteiger partial charge in [-0.25, -0.2) is 9.97 Å². The van der Waals surface area contributed by atoms with Gasteiger partial charge in [0.1, 0.15) is 6.33 Å². The van der Waals surface area contributed by atoms with Crippen LogP contribution in [0.4, 0.5) is 0 Å². The Kier molecular flexibility index (Phi) is 6.40. The summed E-state index contributed by atoms with van der Waals surface area (Å²) in [5, 5.41) is 0. The number of hydrogen-bond acceptors (Lipinski definition) is 5. The minimum atomic E-state index is 0.816. The Bertz CT molecular complexity index is 779. The Morgan fingerprint density at radius 1 is 0.867 bits per heavy atom. The quantitative estimate of drug-likeness (QED) is 0.594. The van der Waals surface area contributed by atoms with E-state index in [2.05, 4.69) is 44.0 Å². The Labute approximate surface area is 180 Å². The second-order valence-corrected chi connectivity index (χ2v) is 9.34. The topological polar surface area (TPSA) is 41.5 Å². The van der Waals surface area contributed by atoms with Gasteiger partial charge in [0.2, 0.25) is 0 Å². The third kappa shape index (κ3) is 4.90. The van der Waals surface area contributed by atoms with Crippen LogP contribution in [0.2, 0.25) is 0 Å². The highest BCUT2D eigenvalue weighted by Gasteiger charge is 2.55. The predicted molar refractivity (Wildman–Crippen MR) is 119 cm³/mol. The molecule has 2 aliphatic heterocycles. The summed E-state index contributed by atoms with van der Waals surface area (Å²) in [6.07, 6.45) is 10.7. The van der Waals surface area contributed by atoms with Crippen molar-refractivity contribution in [2.75, 3.05) is 45.9 Å². The number of nitrogens with zero attached hydrogens (tertiary/aromatic N) is 4. The van der Waals surface area contributed by atoms with Crippen molar-refractivity contribution in [2.24, 2.45) is 17.8 Å². The average molecular weight is 407 g/mol. The first-order valence-corrected chi connectivity index (χ1v) is 11.7. The van der Waals surface area contributed by atoms with Crippen molar-refractivity contribution in [3.8, 4) is 11.1 Å². The summed E-state index contributed by atoms with van der Waals surface area (Å²) in [4.78, 5) is 13.4. The van der Waals surface area contributed by atoms with Crippen LogP contribution in [0.1, 0.15) is 31.2 Å². The van der Waals surface area contributed by atoms with Crippen molar-refractivity contribution in [2.45, 2.75) is 32.2 Å². The molecule has 0 bridgehead atoms. The van der Waals surface area contributed by atoms with Gasteiger partial charge in [-0.15, -0.1) is 0 Å². The minimum Gasteiger partial charge on any atom is -0.381 e. The van der Waals surface area contributed by atoms with Gasteiger partial charge >= 0.3 is 0 Å². The number of benzene rings is 1. The Balaban J connectivity index is 0.984. The molecular formula is C25H34N4O. The zero-order valence-corrected chi connectivity index (χ0v) is 18.0. The lowest BCUT2D eigenvalue weighted by atomic mass is 10.1. The van der Waals surface area contributed by atoms with E-state index >= 15 is 0 Å². The molecule has 5 rings (SSSR count). The molecule has 5 heteroatoms. The fourth-order valence-electron chi connectivity index (χ4n) is 5.41. The van der Waals surface area contributed by atoms with E-state index in [1.807, 2.05) is 12.4 Å². The van der Waals surface area contributed by atoms with Gasteiger partial charge in [0.05, 0.1) is 6.61 Å². The monoisotopic (exact) mass is 406 g/mol. The van der Waals surface area contributed by atoms with Crippen molar-refractivity contribution in [3.63, 3.8) is 0 Å². The number of rotatable bonds is 9. The minimum absolute atomic E-state index is 0.816. The summed E-state index contributed by atoms with van der Waals surface area (Å²) < 4.78 is 6.04. The van der Waals surface area contributed by atoms with E-state index in [0.29, 0.717) is 0 Å². The van der Waals surface area contributed by atoms with Crippen LogP contribution in [0, 0.1) is 17.8 Å². The van der Waals surface area contributed by atoms with Crippen molar-refractivity contribution in [1.82, 2.24) is 19.8 Å². The number of likely N-dealkylation sites (tertiary alicyclic amines) is 2. The van der Waals surface area contributed by atoms with E-state index in [0.717, 1.165) is 43.1 Å². The van der Waals surface area contributed by atoms with Crippen LogP contribution in [0.15, 0.2) is 43.0 Å². The highest BCUT2D eigenvalue weighted by Crippen LogP contribution is 2.52. The van der Waals surface area contributed by atoms with E-state index < -0.39 is 0 Å². The zero-order valence-electron chi connectivity index (χ0n) is 18.0. The molecule has 30 heavy (non-hydrogen) atoms. The largest absolute Gasteiger partial charge is 0.381 e. The molecule has 5 nitrogen and oxygen atoms in total. The summed E-state index contributed by atoms with van der Waals surface area (Å²) in [6, 6.07) is 8.86. The molecule has 1 unspecified atom stereocenters. The van der Waals surface area contributed by atoms with Gasteiger partial charge in [0.25, 0.3) is 0 Å². The average Bonchev–Trinajstić information content (AvgIpc) is 3.25. The summed E-state index contributed by atoms with van der Waals surface area (Å²) >= 11 is 0. The maximum Gasteiger partial charge on any atom is 0.115 e. The first-order chi connectivity index (χ1) is 14.9. The molecule has 1 saturated carbocycles. The lowest BCUT2D eigenvalue weighted by Crippen LogP contribution is -2.31. The van der Waals surface area contributed by atoms with E-state index in [-0.39, 0.29) is 0 Å². The van der Waals surface area contributed by atoms with Gasteiger partial charge in [-0.1, -0.05) is 30.7 Å². The highest BCUT2D eigenvalue weighted by atomic mass is 16.5. The molecule has 2 saturated heterocycles. The van der Waals surface area contributed by atoms with Crippen LogP contribution in [-0.4, -0.2) is 65.7 Å². The third-order valence-corrected chi connectivity index (χ3v) is 7.22. The van der Waals surface area contributed by atoms with Gasteiger partial charge < -0.3 is 9.64 Å². The molecule has 2 aromatic rings. The molecule has 3 heterocycles. The normalized spacial score (nSPS) is 26.6. The Morgan fingerprint density at radius 3 is 2.33 bits per heavy atom. The molecule has 1 aromatic heterocycles. The van der Waals surface area contributed by atoms with Gasteiger partial charge in [0, 0.05) is 50.7 Å². The molecular weight excluding hydrogens is 372 g/mol. The van der Waals surface area contributed by atoms with Crippen molar-refractivity contribution >= 4 is 0 Å². The number of ether oxygens (including phenoxy) is 1. The molecule has 0 spiro atoms. The lowest BCUT2D eigenvalue weighted by Gasteiger charge is -2.26. The van der Waals surface area contributed by atoms with E-state index in [1.54, 1.807) is 6.33 Å². The van der Waals surface area contributed by atoms with Crippen LogP contribution in [-0.2, 0) is 11.3 Å². The summed E-state index contributed by atoms with van der Waals surface area (Å²) in [7, 11) is 0. The first kappa shape index (κ1) is 20.1. The van der Waals surface area contributed by atoms with Crippen molar-refractivity contribution < 1.29 is 4.74 Å². The number of aromatic nitrogens is 2. The highest BCUT2D eigenvalue weighted by molar-refractivity contribution is 5.61. The fourth-order valence-corrected chi connectivity index (χ4v) is 5.41. The Hall–Kier alpha value is -1.82. The summed E-state index contributed by atoms with van der Waals surface area (Å²) in [6.45, 7) is 9.27. The summed E-state index contributed by atoms with van der Waals surface area (Å²) in [5.41, 5.74) is 3.65. The van der Waals surface area contributed by atoms with Gasteiger partial charge in [0.15, 0.2) is 0 Å². The second kappa shape index (κ2) is 9.54. The number of hydrogen-bond donors (Lipinski definition) is 0. The zero-order chi connectivity index (χ0) is 20.2. The molecule has 1 aliphatic carbocycles. The van der Waals surface area contributed by atoms with Crippen molar-refractivity contribution in [1.29, 1.82) is 0 Å². The lowest BCUT2D eigenvalue weighted by molar-refractivity contribution is 0.0967. The molecule has 1 aromatic carbocycles. The maximum absolute atomic E-state index is 6.04. The van der Waals surface area contributed by atoms with Crippen molar-refractivity contribution in [3.05, 3.63) is 48.5 Å². The fraction of sp³-hybridized carbons (Fsp3) is 0.600. The molecule has 3 atom stereocenters. The van der Waals surface area contributed by atoms with E-state index in [4.69, 9.17) is 4.74 Å². The van der Waals surface area contributed by atoms with Gasteiger partial charge in [-0.05, 0) is 61.2 Å². The molecule has 0 N–H and O–H groups in total. The molecule has 0 amide bonds. The molecule has 3 fully saturated rings. The molecule has 160 valence electrons. The Morgan fingerprint density at radius 2 is 1.60 bits per heavy atom. The van der Waals surface area contributed by atoms with Crippen LogP contribution in [0.3, 0.4) is 0 Å². The molecule has 0 radical (unpaired) electrons. The van der Waals surface area contributed by atoms with Crippen LogP contribution in [0.5, 0.6) is 0 Å². The summed E-state index contributed by atoms with van der Waals surface area (Å²) in [5.74, 6) is 2.55. The molecule has 3 aliphatic rings. The second-order valence-electron chi connectivity index (χ2n) is 9.34. The number of fused-ring (bicyclic) bond motifs is 1. The van der Waals surface area contributed by atoms with Crippen LogP contribution < -0.4 is 0 Å². The van der Waals surface area contributed by atoms with Crippen LogP contribution >= 0.6 is 0 Å². The predicted octanol–water partition coefficient (Wildman–Crippen LogP) is 3.71. The van der Waals surface area contributed by atoms with E-state index in [1.165, 1.54) is 69.5 Å². The number of piperidine rings is 2. The smallest absolute Gasteiger partial charge is 0.115 e. The standard InChI is InChI=1S/C25H34N4O/c1-2-9-28(10-3-1)11-4-12-30-18-25-23-16-29(17-24(23)25)15-20-5-7-21(8-6-20)22-13-26-19-27-14-22/h5-8,13-14,19,23-25H,1-4,9-12,15-18H2/t23-,24+,25?. The van der Waals surface area contributed by atoms with Gasteiger partial charge in [-0.2, -0.15) is 0 Å². The van der Waals surface area contributed by atoms with Crippen LogP contribution in [0.25, 0.3) is 11.1 Å². The maximum atomic E-state index is 6.04. The van der Waals surface area contributed by atoms with Gasteiger partial charge in [-0.3, -0.25) is 4.90 Å². The third-order valence-electron chi connectivity index (χ3n) is 7.22. The first-order valence-electron chi connectivity index (χ1n) is 11.7. The SMILES string of the molecule is c1ncc(-c2ccc(CN3C[C@@H]4C(COCCCN5CCCCC5)[C@@H]4C3)cc2)cn1.